The Morgan fingerprint density at radius 3 is 2.85 bits per heavy atom. The zero-order valence-corrected chi connectivity index (χ0v) is 8.94. The average molecular weight is 217 g/mol. The third-order valence-electron chi connectivity index (χ3n) is 2.64. The van der Waals surface area contributed by atoms with Gasteiger partial charge in [0.05, 0.1) is 10.4 Å². The van der Waals surface area contributed by atoms with Crippen LogP contribution in [0.1, 0.15) is 36.5 Å². The molecule has 1 heterocycles. The fourth-order valence-electron chi connectivity index (χ4n) is 1.97. The molecule has 0 spiro atoms. The van der Waals surface area contributed by atoms with Crippen LogP contribution in [0.15, 0.2) is 12.1 Å². The number of hydrogen-bond acceptors (Lipinski definition) is 2. The van der Waals surface area contributed by atoms with E-state index in [-0.39, 0.29) is 6.10 Å². The number of aliphatic hydroxyl groups is 1. The van der Waals surface area contributed by atoms with E-state index in [9.17, 15) is 5.11 Å². The molecule has 2 unspecified atom stereocenters. The third-order valence-corrected chi connectivity index (χ3v) is 4.04. The summed E-state index contributed by atoms with van der Waals surface area (Å²) in [6.07, 6.45) is 4.13. The van der Waals surface area contributed by atoms with Gasteiger partial charge in [0, 0.05) is 4.88 Å². The van der Waals surface area contributed by atoms with Crippen molar-refractivity contribution in [3.05, 3.63) is 21.3 Å². The molecule has 13 heavy (non-hydrogen) atoms. The fraction of sp³-hybridized carbons (Fsp3) is 0.600. The van der Waals surface area contributed by atoms with Gasteiger partial charge in [-0.2, -0.15) is 0 Å². The lowest BCUT2D eigenvalue weighted by molar-refractivity contribution is 0.120. The number of rotatable bonds is 1. The number of halogens is 1. The molecule has 72 valence electrons. The van der Waals surface area contributed by atoms with Gasteiger partial charge in [0.15, 0.2) is 0 Å². The molecule has 1 aliphatic carbocycles. The number of aliphatic hydroxyl groups excluding tert-OH is 1. The van der Waals surface area contributed by atoms with E-state index in [1.807, 2.05) is 6.07 Å². The van der Waals surface area contributed by atoms with E-state index in [0.29, 0.717) is 5.92 Å². The Hall–Kier alpha value is -0.0500. The van der Waals surface area contributed by atoms with Gasteiger partial charge in [-0.05, 0) is 37.3 Å². The zero-order valence-electron chi connectivity index (χ0n) is 7.37. The number of thiophene rings is 1. The normalized spacial score (nSPS) is 29.1. The zero-order chi connectivity index (χ0) is 9.26. The molecule has 1 saturated carbocycles. The van der Waals surface area contributed by atoms with Crippen LogP contribution >= 0.6 is 22.9 Å². The summed E-state index contributed by atoms with van der Waals surface area (Å²) < 4.78 is 0.857. The predicted molar refractivity (Wildman–Crippen MR) is 56.5 cm³/mol. The molecule has 0 aromatic carbocycles. The van der Waals surface area contributed by atoms with Gasteiger partial charge in [-0.25, -0.2) is 0 Å². The van der Waals surface area contributed by atoms with E-state index in [1.165, 1.54) is 11.3 Å². The highest BCUT2D eigenvalue weighted by atomic mass is 35.5. The lowest BCUT2D eigenvalue weighted by atomic mass is 9.86. The van der Waals surface area contributed by atoms with Crippen LogP contribution in [0.2, 0.25) is 4.34 Å². The van der Waals surface area contributed by atoms with Crippen LogP contribution in [-0.4, -0.2) is 11.2 Å². The minimum absolute atomic E-state index is 0.0976. The molecule has 3 heteroatoms. The highest BCUT2D eigenvalue weighted by Crippen LogP contribution is 2.37. The molecule has 1 aromatic rings. The maximum atomic E-state index is 9.52. The van der Waals surface area contributed by atoms with Crippen LogP contribution in [0, 0.1) is 0 Å². The molecule has 1 nitrogen and oxygen atoms in total. The smallest absolute Gasteiger partial charge is 0.0931 e. The molecular weight excluding hydrogens is 204 g/mol. The van der Waals surface area contributed by atoms with Crippen LogP contribution in [0.5, 0.6) is 0 Å². The Morgan fingerprint density at radius 2 is 2.23 bits per heavy atom. The monoisotopic (exact) mass is 216 g/mol. The first-order valence-corrected chi connectivity index (χ1v) is 5.88. The van der Waals surface area contributed by atoms with Crippen LogP contribution in [0.25, 0.3) is 0 Å². The van der Waals surface area contributed by atoms with E-state index in [1.54, 1.807) is 11.3 Å². The van der Waals surface area contributed by atoms with E-state index >= 15 is 0 Å². The van der Waals surface area contributed by atoms with Crippen molar-refractivity contribution in [2.24, 2.45) is 0 Å². The summed E-state index contributed by atoms with van der Waals surface area (Å²) in [5.41, 5.74) is 0. The standard InChI is InChI=1S/C10H13ClOS/c11-10-5-4-9(13-10)7-2-1-3-8(12)6-7/h4-5,7-8,12H,1-3,6H2. The van der Waals surface area contributed by atoms with Gasteiger partial charge < -0.3 is 5.11 Å². The topological polar surface area (TPSA) is 20.2 Å². The Balaban J connectivity index is 2.08. The summed E-state index contributed by atoms with van der Waals surface area (Å²) in [5.74, 6) is 0.543. The Kier molecular flexibility index (Phi) is 2.92. The lowest BCUT2D eigenvalue weighted by Gasteiger charge is -2.24. The second-order valence-corrected chi connectivity index (χ2v) is 5.41. The largest absolute Gasteiger partial charge is 0.393 e. The van der Waals surface area contributed by atoms with E-state index < -0.39 is 0 Å². The van der Waals surface area contributed by atoms with Gasteiger partial charge in [-0.1, -0.05) is 18.0 Å². The van der Waals surface area contributed by atoms with Crippen LogP contribution < -0.4 is 0 Å². The van der Waals surface area contributed by atoms with Gasteiger partial charge in [-0.15, -0.1) is 11.3 Å². The SMILES string of the molecule is OC1CCCC(c2ccc(Cl)s2)C1. The van der Waals surface area contributed by atoms with Crippen molar-refractivity contribution in [2.45, 2.75) is 37.7 Å². The van der Waals surface area contributed by atoms with E-state index in [4.69, 9.17) is 11.6 Å². The fourth-order valence-corrected chi connectivity index (χ4v) is 3.18. The molecular formula is C10H13ClOS. The van der Waals surface area contributed by atoms with Gasteiger partial charge >= 0.3 is 0 Å². The van der Waals surface area contributed by atoms with Crippen molar-refractivity contribution in [3.63, 3.8) is 0 Å². The Morgan fingerprint density at radius 1 is 1.38 bits per heavy atom. The highest BCUT2D eigenvalue weighted by molar-refractivity contribution is 7.16. The minimum Gasteiger partial charge on any atom is -0.393 e. The van der Waals surface area contributed by atoms with Crippen LogP contribution in [-0.2, 0) is 0 Å². The van der Waals surface area contributed by atoms with Crippen molar-refractivity contribution in [1.29, 1.82) is 0 Å². The van der Waals surface area contributed by atoms with Crippen molar-refractivity contribution in [3.8, 4) is 0 Å². The van der Waals surface area contributed by atoms with Crippen molar-refractivity contribution in [2.75, 3.05) is 0 Å². The second-order valence-electron chi connectivity index (χ2n) is 3.66. The van der Waals surface area contributed by atoms with E-state index in [0.717, 1.165) is 23.6 Å². The summed E-state index contributed by atoms with van der Waals surface area (Å²) in [6.45, 7) is 0. The summed E-state index contributed by atoms with van der Waals surface area (Å²) >= 11 is 7.52. The minimum atomic E-state index is -0.0976. The molecule has 0 radical (unpaired) electrons. The molecule has 0 aliphatic heterocycles. The average Bonchev–Trinajstić information content (AvgIpc) is 2.52. The maximum absolute atomic E-state index is 9.52. The van der Waals surface area contributed by atoms with Crippen LogP contribution in [0.4, 0.5) is 0 Å². The van der Waals surface area contributed by atoms with Gasteiger partial charge in [0.1, 0.15) is 0 Å². The molecule has 1 aromatic heterocycles. The van der Waals surface area contributed by atoms with Crippen molar-refractivity contribution >= 4 is 22.9 Å². The van der Waals surface area contributed by atoms with E-state index in [2.05, 4.69) is 6.07 Å². The Bertz CT molecular complexity index is 284. The quantitative estimate of drug-likeness (QED) is 0.763. The first kappa shape index (κ1) is 9.50. The van der Waals surface area contributed by atoms with Crippen LogP contribution in [0.3, 0.4) is 0 Å². The van der Waals surface area contributed by atoms with Crippen molar-refractivity contribution < 1.29 is 5.11 Å². The molecule has 1 aliphatic rings. The molecule has 1 fully saturated rings. The molecule has 0 saturated heterocycles. The number of hydrogen-bond donors (Lipinski definition) is 1. The summed E-state index contributed by atoms with van der Waals surface area (Å²) in [5, 5.41) is 9.52. The molecule has 2 atom stereocenters. The van der Waals surface area contributed by atoms with Gasteiger partial charge in [0.2, 0.25) is 0 Å². The van der Waals surface area contributed by atoms with Gasteiger partial charge in [0.25, 0.3) is 0 Å². The van der Waals surface area contributed by atoms with Crippen molar-refractivity contribution in [1.82, 2.24) is 0 Å². The molecule has 2 rings (SSSR count). The Labute approximate surface area is 87.4 Å². The third kappa shape index (κ3) is 2.25. The molecule has 1 N–H and O–H groups in total. The first-order chi connectivity index (χ1) is 6.25. The molecule has 0 amide bonds. The lowest BCUT2D eigenvalue weighted by Crippen LogP contribution is -2.17. The summed E-state index contributed by atoms with van der Waals surface area (Å²) in [4.78, 5) is 1.34. The summed E-state index contributed by atoms with van der Waals surface area (Å²) in [7, 11) is 0. The summed E-state index contributed by atoms with van der Waals surface area (Å²) in [6, 6.07) is 4.04. The second kappa shape index (κ2) is 3.99. The predicted octanol–water partition coefficient (Wildman–Crippen LogP) is 3.42. The first-order valence-electron chi connectivity index (χ1n) is 4.69. The molecule has 0 bridgehead atoms. The highest BCUT2D eigenvalue weighted by Gasteiger charge is 2.22. The maximum Gasteiger partial charge on any atom is 0.0931 e. The van der Waals surface area contributed by atoms with Gasteiger partial charge in [-0.3, -0.25) is 0 Å².